The number of ketones is 1. The molecule has 0 bridgehead atoms. The number of hydrogen-bond acceptors (Lipinski definition) is 3. The Morgan fingerprint density at radius 1 is 1.21 bits per heavy atom. The van der Waals surface area contributed by atoms with E-state index in [9.17, 15) is 9.59 Å². The number of aromatic nitrogens is 2. The summed E-state index contributed by atoms with van der Waals surface area (Å²) in [5, 5.41) is 1.93. The van der Waals surface area contributed by atoms with Gasteiger partial charge < -0.3 is 9.97 Å². The molecule has 0 spiro atoms. The van der Waals surface area contributed by atoms with Crippen molar-refractivity contribution in [1.82, 2.24) is 9.97 Å². The topological polar surface area (TPSA) is 65.7 Å². The minimum absolute atomic E-state index is 0.01000. The van der Waals surface area contributed by atoms with E-state index in [2.05, 4.69) is 9.97 Å². The van der Waals surface area contributed by atoms with Crippen LogP contribution < -0.4 is 5.69 Å². The van der Waals surface area contributed by atoms with Crippen LogP contribution in [0.25, 0.3) is 11.0 Å². The van der Waals surface area contributed by atoms with Crippen molar-refractivity contribution < 1.29 is 4.79 Å². The van der Waals surface area contributed by atoms with Crippen LogP contribution in [-0.2, 0) is 6.42 Å². The number of imidazole rings is 1. The van der Waals surface area contributed by atoms with Crippen LogP contribution in [0.1, 0.15) is 27.7 Å². The van der Waals surface area contributed by atoms with Crippen molar-refractivity contribution in [3.63, 3.8) is 0 Å². The smallest absolute Gasteiger partial charge is 0.306 e. The van der Waals surface area contributed by atoms with Gasteiger partial charge in [0, 0.05) is 5.56 Å². The van der Waals surface area contributed by atoms with Crippen LogP contribution in [0.5, 0.6) is 0 Å². The molecule has 1 aromatic carbocycles. The molecule has 0 amide bonds. The van der Waals surface area contributed by atoms with Crippen LogP contribution in [-0.4, -0.2) is 15.8 Å². The van der Waals surface area contributed by atoms with Crippen LogP contribution in [0.4, 0.5) is 0 Å². The number of aromatic amines is 2. The maximum absolute atomic E-state index is 12.4. The Morgan fingerprint density at radius 2 is 2.00 bits per heavy atom. The highest BCUT2D eigenvalue weighted by atomic mass is 32.1. The van der Waals surface area contributed by atoms with Gasteiger partial charge >= 0.3 is 5.69 Å². The number of H-pyrrole nitrogens is 2. The molecule has 0 saturated heterocycles. The first-order chi connectivity index (χ1) is 9.19. The fourth-order valence-corrected chi connectivity index (χ4v) is 3.08. The van der Waals surface area contributed by atoms with Gasteiger partial charge in [-0.25, -0.2) is 4.79 Å². The number of nitrogens with one attached hydrogen (secondary N) is 2. The molecule has 0 unspecified atom stereocenters. The summed E-state index contributed by atoms with van der Waals surface area (Å²) in [5.74, 6) is 0.01000. The Labute approximate surface area is 113 Å². The zero-order chi connectivity index (χ0) is 13.4. The summed E-state index contributed by atoms with van der Waals surface area (Å²) in [5.41, 5.74) is 2.77. The lowest BCUT2D eigenvalue weighted by atomic mass is 10.1. The van der Waals surface area contributed by atoms with Crippen LogP contribution >= 0.6 is 11.3 Å². The Kier molecular flexibility index (Phi) is 2.83. The maximum Gasteiger partial charge on any atom is 0.323 e. The summed E-state index contributed by atoms with van der Waals surface area (Å²) >= 11 is 1.46. The van der Waals surface area contributed by atoms with E-state index >= 15 is 0 Å². The Hall–Kier alpha value is -2.14. The van der Waals surface area contributed by atoms with E-state index in [1.807, 2.05) is 18.4 Å². The highest BCUT2D eigenvalue weighted by Gasteiger charge is 2.15. The third kappa shape index (κ3) is 2.02. The second-order valence-corrected chi connectivity index (χ2v) is 5.21. The Balaban J connectivity index is 2.08. The first-order valence-corrected chi connectivity index (χ1v) is 6.90. The summed E-state index contributed by atoms with van der Waals surface area (Å²) < 4.78 is 0. The molecule has 3 aromatic rings. The number of thiophene rings is 1. The van der Waals surface area contributed by atoms with Crippen LogP contribution in [0.15, 0.2) is 34.4 Å². The van der Waals surface area contributed by atoms with Gasteiger partial charge in [0.2, 0.25) is 5.78 Å². The molecule has 0 radical (unpaired) electrons. The Bertz CT molecular complexity index is 810. The molecular formula is C14H12N2O2S. The van der Waals surface area contributed by atoms with Gasteiger partial charge in [-0.1, -0.05) is 6.92 Å². The van der Waals surface area contributed by atoms with E-state index < -0.39 is 0 Å². The minimum atomic E-state index is -0.259. The molecule has 5 heteroatoms. The zero-order valence-corrected chi connectivity index (χ0v) is 11.1. The summed E-state index contributed by atoms with van der Waals surface area (Å²) in [4.78, 5) is 29.8. The lowest BCUT2D eigenvalue weighted by molar-refractivity contribution is 0.104. The van der Waals surface area contributed by atoms with E-state index in [1.165, 1.54) is 11.3 Å². The fraction of sp³-hybridized carbons (Fsp3) is 0.143. The molecule has 0 aliphatic carbocycles. The second kappa shape index (κ2) is 4.51. The van der Waals surface area contributed by atoms with Gasteiger partial charge in [0.25, 0.3) is 0 Å². The molecule has 2 aromatic heterocycles. The average Bonchev–Trinajstić information content (AvgIpc) is 3.01. The molecular weight excluding hydrogens is 260 g/mol. The normalized spacial score (nSPS) is 11.0. The third-order valence-electron chi connectivity index (χ3n) is 3.11. The standard InChI is InChI=1S/C14H12N2O2S/c1-2-8-5-6-19-13(8)12(17)9-3-4-10-11(7-9)16-14(18)15-10/h3-7H,2H2,1H3,(H2,15,16,18). The number of benzene rings is 1. The first kappa shape index (κ1) is 11.9. The number of carbonyl (C=O) groups is 1. The molecule has 3 rings (SSSR count). The van der Waals surface area contributed by atoms with E-state index in [4.69, 9.17) is 0 Å². The third-order valence-corrected chi connectivity index (χ3v) is 4.07. The molecule has 2 heterocycles. The maximum atomic E-state index is 12.4. The summed E-state index contributed by atoms with van der Waals surface area (Å²) in [6.07, 6.45) is 0.841. The molecule has 0 fully saturated rings. The molecule has 0 atom stereocenters. The SMILES string of the molecule is CCc1ccsc1C(=O)c1ccc2[nH]c(=O)[nH]c2c1. The van der Waals surface area contributed by atoms with Crippen molar-refractivity contribution in [3.8, 4) is 0 Å². The minimum Gasteiger partial charge on any atom is -0.306 e. The molecule has 0 aliphatic rings. The first-order valence-electron chi connectivity index (χ1n) is 6.02. The molecule has 0 saturated carbocycles. The van der Waals surface area contributed by atoms with Crippen molar-refractivity contribution in [1.29, 1.82) is 0 Å². The van der Waals surface area contributed by atoms with Gasteiger partial charge in [-0.05, 0) is 41.6 Å². The molecule has 4 nitrogen and oxygen atoms in total. The fourth-order valence-electron chi connectivity index (χ4n) is 2.12. The van der Waals surface area contributed by atoms with Crippen LogP contribution in [0.3, 0.4) is 0 Å². The van der Waals surface area contributed by atoms with Crippen molar-refractivity contribution in [3.05, 3.63) is 56.1 Å². The molecule has 2 N–H and O–H groups in total. The van der Waals surface area contributed by atoms with Gasteiger partial charge in [-0.2, -0.15) is 0 Å². The highest BCUT2D eigenvalue weighted by molar-refractivity contribution is 7.12. The van der Waals surface area contributed by atoms with E-state index in [1.54, 1.807) is 18.2 Å². The van der Waals surface area contributed by atoms with E-state index in [-0.39, 0.29) is 11.5 Å². The van der Waals surface area contributed by atoms with Crippen LogP contribution in [0, 0.1) is 0 Å². The zero-order valence-electron chi connectivity index (χ0n) is 10.3. The summed E-state index contributed by atoms with van der Waals surface area (Å²) in [6, 6.07) is 7.19. The van der Waals surface area contributed by atoms with Gasteiger partial charge in [0.15, 0.2) is 0 Å². The summed E-state index contributed by atoms with van der Waals surface area (Å²) in [6.45, 7) is 2.03. The predicted octanol–water partition coefficient (Wildman–Crippen LogP) is 2.71. The average molecular weight is 272 g/mol. The summed E-state index contributed by atoms with van der Waals surface area (Å²) in [7, 11) is 0. The predicted molar refractivity (Wildman–Crippen MR) is 76.0 cm³/mol. The highest BCUT2D eigenvalue weighted by Crippen LogP contribution is 2.22. The van der Waals surface area contributed by atoms with Crippen molar-refractivity contribution in [2.75, 3.05) is 0 Å². The van der Waals surface area contributed by atoms with Gasteiger partial charge in [-0.15, -0.1) is 11.3 Å². The van der Waals surface area contributed by atoms with Crippen molar-refractivity contribution in [2.24, 2.45) is 0 Å². The van der Waals surface area contributed by atoms with Crippen LogP contribution in [0.2, 0.25) is 0 Å². The van der Waals surface area contributed by atoms with Gasteiger partial charge in [-0.3, -0.25) is 4.79 Å². The number of hydrogen-bond donors (Lipinski definition) is 2. The van der Waals surface area contributed by atoms with Crippen molar-refractivity contribution >= 4 is 28.2 Å². The van der Waals surface area contributed by atoms with E-state index in [0.29, 0.717) is 16.6 Å². The molecule has 19 heavy (non-hydrogen) atoms. The largest absolute Gasteiger partial charge is 0.323 e. The molecule has 96 valence electrons. The second-order valence-electron chi connectivity index (χ2n) is 4.30. The van der Waals surface area contributed by atoms with Crippen molar-refractivity contribution in [2.45, 2.75) is 13.3 Å². The lowest BCUT2D eigenvalue weighted by Gasteiger charge is -2.01. The molecule has 0 aliphatic heterocycles. The lowest BCUT2D eigenvalue weighted by Crippen LogP contribution is -2.01. The van der Waals surface area contributed by atoms with E-state index in [0.717, 1.165) is 16.9 Å². The van der Waals surface area contributed by atoms with Gasteiger partial charge in [0.05, 0.1) is 15.9 Å². The number of carbonyl (C=O) groups excluding carboxylic acids is 1. The van der Waals surface area contributed by atoms with Gasteiger partial charge in [0.1, 0.15) is 0 Å². The Morgan fingerprint density at radius 3 is 2.79 bits per heavy atom. The quantitative estimate of drug-likeness (QED) is 0.720. The monoisotopic (exact) mass is 272 g/mol. The number of rotatable bonds is 3. The number of aryl methyl sites for hydroxylation is 1. The number of fused-ring (bicyclic) bond motifs is 1.